The second-order valence-electron chi connectivity index (χ2n) is 5.87. The number of halogens is 1. The normalized spacial score (nSPS) is 15.1. The lowest BCUT2D eigenvalue weighted by molar-refractivity contribution is 0.759. The number of fused-ring (bicyclic) bond motifs is 1. The molecule has 0 aliphatic heterocycles. The Morgan fingerprint density at radius 2 is 1.85 bits per heavy atom. The van der Waals surface area contributed by atoms with Crippen molar-refractivity contribution in [3.8, 4) is 0 Å². The van der Waals surface area contributed by atoms with Crippen molar-refractivity contribution < 1.29 is 0 Å². The fourth-order valence-electron chi connectivity index (χ4n) is 3.33. The smallest absolute Gasteiger partial charge is 0.0295 e. The number of rotatable bonds is 4. The molecule has 0 bridgehead atoms. The molecule has 0 radical (unpaired) electrons. The van der Waals surface area contributed by atoms with E-state index < -0.39 is 0 Å². The Balaban J connectivity index is 1.83. The van der Waals surface area contributed by atoms with Crippen LogP contribution < -0.4 is 0 Å². The summed E-state index contributed by atoms with van der Waals surface area (Å²) in [6.07, 6.45) is 4.86. The van der Waals surface area contributed by atoms with Crippen LogP contribution in [-0.2, 0) is 19.3 Å². The van der Waals surface area contributed by atoms with Gasteiger partial charge in [-0.3, -0.25) is 0 Å². The zero-order valence-corrected chi connectivity index (χ0v) is 12.8. The highest BCUT2D eigenvalue weighted by molar-refractivity contribution is 6.18. The first-order valence-electron chi connectivity index (χ1n) is 7.50. The number of hydrogen-bond acceptors (Lipinski definition) is 0. The van der Waals surface area contributed by atoms with Gasteiger partial charge < -0.3 is 0 Å². The van der Waals surface area contributed by atoms with Crippen LogP contribution in [0.4, 0.5) is 0 Å². The quantitative estimate of drug-likeness (QED) is 0.689. The third kappa shape index (κ3) is 2.76. The molecule has 1 aliphatic carbocycles. The van der Waals surface area contributed by atoms with Crippen LogP contribution in [0.1, 0.15) is 40.2 Å². The van der Waals surface area contributed by atoms with Gasteiger partial charge in [0.15, 0.2) is 0 Å². The van der Waals surface area contributed by atoms with Crippen molar-refractivity contribution in [1.82, 2.24) is 0 Å². The second kappa shape index (κ2) is 6.01. The maximum Gasteiger partial charge on any atom is 0.0295 e. The largest absolute Gasteiger partial charge is 0.126 e. The maximum atomic E-state index is 6.24. The molecule has 0 spiro atoms. The lowest BCUT2D eigenvalue weighted by Crippen LogP contribution is -2.07. The van der Waals surface area contributed by atoms with E-state index in [0.717, 1.165) is 6.42 Å². The molecule has 0 amide bonds. The van der Waals surface area contributed by atoms with E-state index in [0.29, 0.717) is 11.8 Å². The molecule has 2 aromatic carbocycles. The second-order valence-corrected chi connectivity index (χ2v) is 6.18. The summed E-state index contributed by atoms with van der Waals surface area (Å²) in [4.78, 5) is 0. The number of benzene rings is 2. The van der Waals surface area contributed by atoms with Gasteiger partial charge in [-0.05, 0) is 60.4 Å². The van der Waals surface area contributed by atoms with Crippen LogP contribution in [0.15, 0.2) is 42.5 Å². The van der Waals surface area contributed by atoms with Gasteiger partial charge in [-0.25, -0.2) is 0 Å². The summed E-state index contributed by atoms with van der Waals surface area (Å²) in [5.74, 6) is 1.10. The topological polar surface area (TPSA) is 0 Å². The van der Waals surface area contributed by atoms with Crippen molar-refractivity contribution in [1.29, 1.82) is 0 Å². The van der Waals surface area contributed by atoms with E-state index in [-0.39, 0.29) is 0 Å². The number of aryl methyl sites for hydroxylation is 3. The molecule has 1 unspecified atom stereocenters. The van der Waals surface area contributed by atoms with Crippen LogP contribution in [0.5, 0.6) is 0 Å². The van der Waals surface area contributed by atoms with Crippen molar-refractivity contribution in [2.75, 3.05) is 5.88 Å². The molecule has 2 aromatic rings. The van der Waals surface area contributed by atoms with Crippen LogP contribution in [0.25, 0.3) is 0 Å². The molecule has 1 heteroatoms. The van der Waals surface area contributed by atoms with Gasteiger partial charge in [0.2, 0.25) is 0 Å². The third-order valence-electron chi connectivity index (χ3n) is 4.46. The lowest BCUT2D eigenvalue weighted by atomic mass is 9.90. The van der Waals surface area contributed by atoms with E-state index in [9.17, 15) is 0 Å². The van der Waals surface area contributed by atoms with Crippen molar-refractivity contribution >= 4 is 11.6 Å². The SMILES string of the molecule is Cc1ccccc1C(CCl)Cc1ccc2c(c1)CCC2. The molecule has 0 nitrogen and oxygen atoms in total. The first-order chi connectivity index (χ1) is 9.78. The molecule has 0 fully saturated rings. The predicted molar refractivity (Wildman–Crippen MR) is 86.8 cm³/mol. The van der Waals surface area contributed by atoms with Crippen molar-refractivity contribution in [2.24, 2.45) is 0 Å². The summed E-state index contributed by atoms with van der Waals surface area (Å²) < 4.78 is 0. The van der Waals surface area contributed by atoms with Gasteiger partial charge in [-0.15, -0.1) is 11.6 Å². The first kappa shape index (κ1) is 13.7. The zero-order valence-electron chi connectivity index (χ0n) is 12.0. The average molecular weight is 285 g/mol. The maximum absolute atomic E-state index is 6.24. The van der Waals surface area contributed by atoms with Gasteiger partial charge >= 0.3 is 0 Å². The van der Waals surface area contributed by atoms with E-state index in [1.807, 2.05) is 0 Å². The molecular weight excluding hydrogens is 264 g/mol. The lowest BCUT2D eigenvalue weighted by Gasteiger charge is -2.17. The fraction of sp³-hybridized carbons (Fsp3) is 0.368. The standard InChI is InChI=1S/C19H21Cl/c1-14-5-2-3-8-19(14)18(13-20)12-15-9-10-16-6-4-7-17(16)11-15/h2-3,5,8-11,18H,4,6-7,12-13H2,1H3. The molecule has 0 saturated carbocycles. The molecule has 0 N–H and O–H groups in total. The molecule has 3 rings (SSSR count). The van der Waals surface area contributed by atoms with Gasteiger partial charge in [-0.1, -0.05) is 42.5 Å². The number of alkyl halides is 1. The highest BCUT2D eigenvalue weighted by atomic mass is 35.5. The summed E-state index contributed by atoms with van der Waals surface area (Å²) in [5.41, 5.74) is 7.27. The molecule has 0 aromatic heterocycles. The van der Waals surface area contributed by atoms with E-state index >= 15 is 0 Å². The molecule has 1 aliphatic rings. The van der Waals surface area contributed by atoms with Crippen LogP contribution in [0.2, 0.25) is 0 Å². The van der Waals surface area contributed by atoms with Crippen LogP contribution in [0.3, 0.4) is 0 Å². The molecule has 1 atom stereocenters. The summed E-state index contributed by atoms with van der Waals surface area (Å²) >= 11 is 6.24. The molecular formula is C19H21Cl. The highest BCUT2D eigenvalue weighted by Crippen LogP contribution is 2.28. The Hall–Kier alpha value is -1.27. The third-order valence-corrected chi connectivity index (χ3v) is 4.83. The summed E-state index contributed by atoms with van der Waals surface area (Å²) in [7, 11) is 0. The predicted octanol–water partition coefficient (Wildman–Crippen LogP) is 5.05. The molecule has 20 heavy (non-hydrogen) atoms. The summed E-state index contributed by atoms with van der Waals surface area (Å²) in [6, 6.07) is 15.6. The van der Waals surface area contributed by atoms with Gasteiger partial charge in [0, 0.05) is 11.8 Å². The van der Waals surface area contributed by atoms with Crippen molar-refractivity contribution in [2.45, 2.75) is 38.5 Å². The Kier molecular flexibility index (Phi) is 4.12. The van der Waals surface area contributed by atoms with Gasteiger partial charge in [0.05, 0.1) is 0 Å². The van der Waals surface area contributed by atoms with Crippen LogP contribution >= 0.6 is 11.6 Å². The summed E-state index contributed by atoms with van der Waals surface area (Å²) in [5, 5.41) is 0. The van der Waals surface area contributed by atoms with E-state index in [1.165, 1.54) is 36.0 Å². The van der Waals surface area contributed by atoms with E-state index in [4.69, 9.17) is 11.6 Å². The van der Waals surface area contributed by atoms with Crippen molar-refractivity contribution in [3.63, 3.8) is 0 Å². The first-order valence-corrected chi connectivity index (χ1v) is 8.03. The monoisotopic (exact) mass is 284 g/mol. The Morgan fingerprint density at radius 3 is 2.65 bits per heavy atom. The van der Waals surface area contributed by atoms with Gasteiger partial charge in [0.1, 0.15) is 0 Å². The Bertz CT molecular complexity index is 600. The van der Waals surface area contributed by atoms with Crippen LogP contribution in [0, 0.1) is 6.92 Å². The zero-order chi connectivity index (χ0) is 13.9. The van der Waals surface area contributed by atoms with Crippen molar-refractivity contribution in [3.05, 3.63) is 70.3 Å². The van der Waals surface area contributed by atoms with E-state index in [2.05, 4.69) is 49.4 Å². The van der Waals surface area contributed by atoms with Crippen LogP contribution in [-0.4, -0.2) is 5.88 Å². The van der Waals surface area contributed by atoms with Gasteiger partial charge in [-0.2, -0.15) is 0 Å². The molecule has 104 valence electrons. The van der Waals surface area contributed by atoms with Gasteiger partial charge in [0.25, 0.3) is 0 Å². The van der Waals surface area contributed by atoms with E-state index in [1.54, 1.807) is 11.1 Å². The molecule has 0 saturated heterocycles. The molecule has 0 heterocycles. The highest BCUT2D eigenvalue weighted by Gasteiger charge is 2.16. The minimum Gasteiger partial charge on any atom is -0.126 e. The fourth-order valence-corrected chi connectivity index (χ4v) is 3.60. The Morgan fingerprint density at radius 1 is 1.05 bits per heavy atom. The Labute approximate surface area is 126 Å². The average Bonchev–Trinajstić information content (AvgIpc) is 2.93. The minimum atomic E-state index is 0.414. The summed E-state index contributed by atoms with van der Waals surface area (Å²) in [6.45, 7) is 2.18. The number of hydrogen-bond donors (Lipinski definition) is 0. The minimum absolute atomic E-state index is 0.414.